The summed E-state index contributed by atoms with van der Waals surface area (Å²) < 4.78 is 41.4. The summed E-state index contributed by atoms with van der Waals surface area (Å²) in [5.41, 5.74) is 0.839. The van der Waals surface area contributed by atoms with Gasteiger partial charge in [-0.25, -0.2) is 8.70 Å². The highest BCUT2D eigenvalue weighted by Crippen LogP contribution is 2.21. The number of carbonyl (C=O) groups is 2. The van der Waals surface area contributed by atoms with Gasteiger partial charge >= 0.3 is 10.2 Å². The minimum atomic E-state index is -4.10. The molecule has 0 aliphatic rings. The van der Waals surface area contributed by atoms with Crippen LogP contribution >= 0.6 is 11.6 Å². The maximum absolute atomic E-state index is 13.6. The van der Waals surface area contributed by atoms with E-state index in [2.05, 4.69) is 5.32 Å². The first-order valence-corrected chi connectivity index (χ1v) is 12.9. The lowest BCUT2D eigenvalue weighted by atomic mass is 10.1. The van der Waals surface area contributed by atoms with E-state index < -0.39 is 34.5 Å². The summed E-state index contributed by atoms with van der Waals surface area (Å²) in [4.78, 5) is 27.8. The number of carbonyl (C=O) groups excluding carboxylic acids is 2. The predicted molar refractivity (Wildman–Crippen MR) is 136 cm³/mol. The third-order valence-corrected chi connectivity index (χ3v) is 7.64. The van der Waals surface area contributed by atoms with E-state index in [1.54, 1.807) is 31.2 Å². The minimum Gasteiger partial charge on any atom is -0.352 e. The highest BCUT2D eigenvalue weighted by Gasteiger charge is 2.32. The van der Waals surface area contributed by atoms with Gasteiger partial charge in [0.25, 0.3) is 0 Å². The predicted octanol–water partition coefficient (Wildman–Crippen LogP) is 3.42. The second-order valence-corrected chi connectivity index (χ2v) is 10.9. The van der Waals surface area contributed by atoms with Crippen LogP contribution in [0.2, 0.25) is 5.02 Å². The zero-order valence-electron chi connectivity index (χ0n) is 20.5. The van der Waals surface area contributed by atoms with Crippen LogP contribution in [0.3, 0.4) is 0 Å². The Hall–Kier alpha value is -2.69. The maximum Gasteiger partial charge on any atom is 0.304 e. The summed E-state index contributed by atoms with van der Waals surface area (Å²) in [5.74, 6) is -1.49. The molecular formula is C24H32ClFN4O4S. The number of hydrogen-bond acceptors (Lipinski definition) is 4. The minimum absolute atomic E-state index is 0.0599. The number of hydrogen-bond donors (Lipinski definition) is 1. The molecule has 2 atom stereocenters. The summed E-state index contributed by atoms with van der Waals surface area (Å²) in [6, 6.07) is 10.6. The Bertz CT molecular complexity index is 1110. The molecule has 0 aromatic heterocycles. The Labute approximate surface area is 211 Å². The Morgan fingerprint density at radius 1 is 1.03 bits per heavy atom. The number of amides is 2. The van der Waals surface area contributed by atoms with Gasteiger partial charge in [0.1, 0.15) is 18.4 Å². The maximum atomic E-state index is 13.6. The van der Waals surface area contributed by atoms with Gasteiger partial charge in [0.15, 0.2) is 0 Å². The standard InChI is InChI=1S/C24H32ClFN4O4S/c1-6-17(2)27-24(32)18(3)29(15-19-7-9-20(25)10-8-19)23(31)16-30(35(33,34)28(4)5)22-13-11-21(26)12-14-22/h7-14,17-18H,6,15-16H2,1-5H3,(H,27,32)/t17-,18+/m1/s1. The molecule has 0 unspecified atom stereocenters. The van der Waals surface area contributed by atoms with Crippen molar-refractivity contribution in [2.75, 3.05) is 24.9 Å². The van der Waals surface area contributed by atoms with E-state index in [1.165, 1.54) is 31.1 Å². The second kappa shape index (κ2) is 12.3. The van der Waals surface area contributed by atoms with E-state index >= 15 is 0 Å². The van der Waals surface area contributed by atoms with Crippen LogP contribution in [0.1, 0.15) is 32.8 Å². The molecule has 0 bridgehead atoms. The molecule has 0 aliphatic carbocycles. The van der Waals surface area contributed by atoms with Gasteiger partial charge in [0.05, 0.1) is 5.69 Å². The first kappa shape index (κ1) is 28.5. The second-order valence-electron chi connectivity index (χ2n) is 8.42. The molecule has 0 aliphatic heterocycles. The third-order valence-electron chi connectivity index (χ3n) is 5.57. The number of halogens is 2. The zero-order chi connectivity index (χ0) is 26.3. The molecular weight excluding hydrogens is 495 g/mol. The molecule has 0 saturated heterocycles. The van der Waals surface area contributed by atoms with E-state index in [0.717, 1.165) is 26.3 Å². The lowest BCUT2D eigenvalue weighted by Gasteiger charge is -2.33. The molecule has 2 rings (SSSR count). The molecule has 2 aromatic carbocycles. The number of nitrogens with one attached hydrogen (secondary N) is 1. The highest BCUT2D eigenvalue weighted by molar-refractivity contribution is 7.90. The van der Waals surface area contributed by atoms with Crippen molar-refractivity contribution >= 4 is 39.3 Å². The van der Waals surface area contributed by atoms with Crippen LogP contribution in [0.25, 0.3) is 0 Å². The lowest BCUT2D eigenvalue weighted by molar-refractivity contribution is -0.139. The van der Waals surface area contributed by atoms with Crippen molar-refractivity contribution < 1.29 is 22.4 Å². The van der Waals surface area contributed by atoms with E-state index in [9.17, 15) is 22.4 Å². The summed E-state index contributed by atoms with van der Waals surface area (Å²) in [5, 5.41) is 3.39. The van der Waals surface area contributed by atoms with Crippen LogP contribution in [-0.4, -0.2) is 62.2 Å². The molecule has 2 aromatic rings. The van der Waals surface area contributed by atoms with Gasteiger partial charge in [-0.2, -0.15) is 12.7 Å². The molecule has 192 valence electrons. The van der Waals surface area contributed by atoms with Crippen molar-refractivity contribution in [2.45, 2.75) is 45.8 Å². The van der Waals surface area contributed by atoms with Gasteiger partial charge in [0, 0.05) is 31.7 Å². The van der Waals surface area contributed by atoms with E-state index in [-0.39, 0.29) is 24.2 Å². The molecule has 35 heavy (non-hydrogen) atoms. The number of benzene rings is 2. The van der Waals surface area contributed by atoms with Crippen molar-refractivity contribution in [3.8, 4) is 0 Å². The fraction of sp³-hybridized carbons (Fsp3) is 0.417. The summed E-state index contributed by atoms with van der Waals surface area (Å²) >= 11 is 5.98. The summed E-state index contributed by atoms with van der Waals surface area (Å²) in [6.45, 7) is 4.86. The van der Waals surface area contributed by atoms with Gasteiger partial charge in [-0.05, 0) is 62.2 Å². The molecule has 2 amide bonds. The van der Waals surface area contributed by atoms with Crippen LogP contribution < -0.4 is 9.62 Å². The zero-order valence-corrected chi connectivity index (χ0v) is 22.1. The molecule has 0 fully saturated rings. The lowest BCUT2D eigenvalue weighted by Crippen LogP contribution is -2.53. The van der Waals surface area contributed by atoms with Gasteiger partial charge < -0.3 is 10.2 Å². The summed E-state index contributed by atoms with van der Waals surface area (Å²) in [7, 11) is -1.43. The third kappa shape index (κ3) is 7.65. The van der Waals surface area contributed by atoms with E-state index in [4.69, 9.17) is 11.6 Å². The fourth-order valence-corrected chi connectivity index (χ4v) is 4.34. The van der Waals surface area contributed by atoms with Crippen molar-refractivity contribution in [3.05, 3.63) is 64.9 Å². The van der Waals surface area contributed by atoms with Crippen molar-refractivity contribution in [1.82, 2.24) is 14.5 Å². The topological polar surface area (TPSA) is 90.0 Å². The van der Waals surface area contributed by atoms with Crippen LogP contribution in [0.5, 0.6) is 0 Å². The van der Waals surface area contributed by atoms with Crippen LogP contribution in [0.15, 0.2) is 48.5 Å². The summed E-state index contributed by atoms with van der Waals surface area (Å²) in [6.07, 6.45) is 0.711. The first-order chi connectivity index (χ1) is 16.4. The SMILES string of the molecule is CC[C@@H](C)NC(=O)[C@H](C)N(Cc1ccc(Cl)cc1)C(=O)CN(c1ccc(F)cc1)S(=O)(=O)N(C)C. The van der Waals surface area contributed by atoms with E-state index in [1.807, 2.05) is 13.8 Å². The van der Waals surface area contributed by atoms with Gasteiger partial charge in [-0.15, -0.1) is 0 Å². The Morgan fingerprint density at radius 3 is 2.11 bits per heavy atom. The molecule has 8 nitrogen and oxygen atoms in total. The molecule has 0 saturated carbocycles. The Kier molecular flexibility index (Phi) is 10.1. The van der Waals surface area contributed by atoms with Crippen molar-refractivity contribution in [1.29, 1.82) is 0 Å². The average Bonchev–Trinajstić information content (AvgIpc) is 2.81. The Morgan fingerprint density at radius 2 is 1.60 bits per heavy atom. The molecule has 1 N–H and O–H groups in total. The fourth-order valence-electron chi connectivity index (χ4n) is 3.16. The van der Waals surface area contributed by atoms with E-state index in [0.29, 0.717) is 11.4 Å². The highest BCUT2D eigenvalue weighted by atomic mass is 35.5. The van der Waals surface area contributed by atoms with Crippen LogP contribution in [-0.2, 0) is 26.3 Å². The number of anilines is 1. The molecule has 0 spiro atoms. The number of rotatable bonds is 11. The normalized spacial score (nSPS) is 13.3. The molecule has 11 heteroatoms. The Balaban J connectivity index is 2.43. The monoisotopic (exact) mass is 526 g/mol. The quantitative estimate of drug-likeness (QED) is 0.486. The van der Waals surface area contributed by atoms with Crippen LogP contribution in [0.4, 0.5) is 10.1 Å². The largest absolute Gasteiger partial charge is 0.352 e. The smallest absolute Gasteiger partial charge is 0.304 e. The first-order valence-electron chi connectivity index (χ1n) is 11.2. The van der Waals surface area contributed by atoms with Gasteiger partial charge in [-0.1, -0.05) is 30.7 Å². The molecule has 0 heterocycles. The van der Waals surface area contributed by atoms with Gasteiger partial charge in [0.2, 0.25) is 11.8 Å². The van der Waals surface area contributed by atoms with Gasteiger partial charge in [-0.3, -0.25) is 9.59 Å². The number of nitrogens with zero attached hydrogens (tertiary/aromatic N) is 3. The van der Waals surface area contributed by atoms with Crippen molar-refractivity contribution in [2.24, 2.45) is 0 Å². The van der Waals surface area contributed by atoms with Crippen molar-refractivity contribution in [3.63, 3.8) is 0 Å². The average molecular weight is 527 g/mol. The molecule has 0 radical (unpaired) electrons. The van der Waals surface area contributed by atoms with Crippen LogP contribution in [0, 0.1) is 5.82 Å².